The van der Waals surface area contributed by atoms with Crippen LogP contribution in [0.25, 0.3) is 22.0 Å². The van der Waals surface area contributed by atoms with E-state index in [2.05, 4.69) is 10.5 Å². The van der Waals surface area contributed by atoms with Crippen LogP contribution in [0.1, 0.15) is 10.6 Å². The second-order valence-electron chi connectivity index (χ2n) is 5.61. The first-order valence-corrected chi connectivity index (χ1v) is 7.76. The number of benzene rings is 3. The number of aromatic nitrogens is 1. The summed E-state index contributed by atoms with van der Waals surface area (Å²) in [6, 6.07) is 21.6. The Kier molecular flexibility index (Phi) is 3.67. The molecule has 4 aromatic rings. The lowest BCUT2D eigenvalue weighted by atomic mass is 10.1. The number of phenolic OH excluding ortho intramolecular Hbond substituents is 1. The van der Waals surface area contributed by atoms with E-state index < -0.39 is 5.91 Å². The number of anilines is 1. The van der Waals surface area contributed by atoms with Crippen molar-refractivity contribution in [1.82, 2.24) is 5.16 Å². The molecule has 0 aliphatic carbocycles. The second-order valence-corrected chi connectivity index (χ2v) is 5.61. The predicted octanol–water partition coefficient (Wildman–Crippen LogP) is 4.45. The molecule has 0 aliphatic heterocycles. The van der Waals surface area contributed by atoms with E-state index in [1.807, 2.05) is 42.5 Å². The summed E-state index contributed by atoms with van der Waals surface area (Å²) in [6.45, 7) is 0. The number of hydrogen-bond donors (Lipinski definition) is 2. The number of carbonyl (C=O) groups is 1. The van der Waals surface area contributed by atoms with Crippen LogP contribution in [0.3, 0.4) is 0 Å². The van der Waals surface area contributed by atoms with E-state index in [0.29, 0.717) is 11.4 Å². The van der Waals surface area contributed by atoms with Crippen LogP contribution in [0.5, 0.6) is 5.75 Å². The Balaban J connectivity index is 1.63. The molecule has 5 nitrogen and oxygen atoms in total. The first-order valence-electron chi connectivity index (χ1n) is 7.76. The van der Waals surface area contributed by atoms with Crippen LogP contribution in [0.15, 0.2) is 77.3 Å². The minimum absolute atomic E-state index is 0.121. The number of amides is 1. The van der Waals surface area contributed by atoms with E-state index in [1.165, 1.54) is 0 Å². The van der Waals surface area contributed by atoms with Crippen LogP contribution in [-0.4, -0.2) is 16.2 Å². The van der Waals surface area contributed by atoms with Gasteiger partial charge in [-0.1, -0.05) is 53.7 Å². The standard InChI is InChI=1S/C20H14N2O3/c23-15-10-9-13-7-4-8-17(16(13)11-15)21-20(24)19-12-18(22-25-19)14-5-2-1-3-6-14/h1-12,23H,(H,21,24). The van der Waals surface area contributed by atoms with Gasteiger partial charge in [0.05, 0.1) is 0 Å². The molecule has 0 unspecified atom stereocenters. The van der Waals surface area contributed by atoms with Gasteiger partial charge in [0, 0.05) is 22.7 Å². The SMILES string of the molecule is O=C(Nc1cccc2ccc(O)cc12)c1cc(-c2ccccc2)no1. The lowest BCUT2D eigenvalue weighted by molar-refractivity contribution is 0.0988. The van der Waals surface area contributed by atoms with Gasteiger partial charge < -0.3 is 14.9 Å². The number of nitrogens with one attached hydrogen (secondary N) is 1. The van der Waals surface area contributed by atoms with Crippen molar-refractivity contribution in [3.63, 3.8) is 0 Å². The molecule has 1 heterocycles. The monoisotopic (exact) mass is 330 g/mol. The third-order valence-electron chi connectivity index (χ3n) is 3.92. The van der Waals surface area contributed by atoms with Gasteiger partial charge in [0.15, 0.2) is 0 Å². The van der Waals surface area contributed by atoms with E-state index in [-0.39, 0.29) is 11.5 Å². The summed E-state index contributed by atoms with van der Waals surface area (Å²) in [5, 5.41) is 18.1. The molecule has 0 saturated carbocycles. The molecule has 3 aromatic carbocycles. The Morgan fingerprint density at radius 2 is 1.80 bits per heavy atom. The average Bonchev–Trinajstić information content (AvgIpc) is 3.13. The van der Waals surface area contributed by atoms with Crippen LogP contribution in [0.4, 0.5) is 5.69 Å². The lowest BCUT2D eigenvalue weighted by Crippen LogP contribution is -2.11. The maximum atomic E-state index is 12.5. The number of rotatable bonds is 3. The molecule has 0 spiro atoms. The van der Waals surface area contributed by atoms with Gasteiger partial charge in [-0.2, -0.15) is 0 Å². The smallest absolute Gasteiger partial charge is 0.294 e. The van der Waals surface area contributed by atoms with Crippen LogP contribution in [0, 0.1) is 0 Å². The molecule has 2 N–H and O–H groups in total. The van der Waals surface area contributed by atoms with Gasteiger partial charge in [-0.15, -0.1) is 0 Å². The number of fused-ring (bicyclic) bond motifs is 1. The summed E-state index contributed by atoms with van der Waals surface area (Å²) in [4.78, 5) is 12.5. The van der Waals surface area contributed by atoms with Gasteiger partial charge in [-0.3, -0.25) is 4.79 Å². The minimum Gasteiger partial charge on any atom is -0.508 e. The van der Waals surface area contributed by atoms with E-state index in [1.54, 1.807) is 30.3 Å². The van der Waals surface area contributed by atoms with Crippen molar-refractivity contribution < 1.29 is 14.4 Å². The van der Waals surface area contributed by atoms with Gasteiger partial charge in [0.25, 0.3) is 5.91 Å². The molecule has 0 atom stereocenters. The van der Waals surface area contributed by atoms with Crippen LogP contribution in [-0.2, 0) is 0 Å². The molecular weight excluding hydrogens is 316 g/mol. The van der Waals surface area contributed by atoms with Crippen molar-refractivity contribution in [3.8, 4) is 17.0 Å². The van der Waals surface area contributed by atoms with Crippen molar-refractivity contribution in [2.75, 3.05) is 5.32 Å². The van der Waals surface area contributed by atoms with Crippen LogP contribution in [0.2, 0.25) is 0 Å². The third-order valence-corrected chi connectivity index (χ3v) is 3.92. The molecule has 5 heteroatoms. The van der Waals surface area contributed by atoms with Gasteiger partial charge in [0.1, 0.15) is 11.4 Å². The number of aromatic hydroxyl groups is 1. The van der Waals surface area contributed by atoms with Crippen molar-refractivity contribution >= 4 is 22.4 Å². The highest BCUT2D eigenvalue weighted by molar-refractivity contribution is 6.08. The van der Waals surface area contributed by atoms with E-state index in [0.717, 1.165) is 16.3 Å². The van der Waals surface area contributed by atoms with E-state index >= 15 is 0 Å². The van der Waals surface area contributed by atoms with Crippen LogP contribution < -0.4 is 5.32 Å². The molecule has 0 bridgehead atoms. The predicted molar refractivity (Wildman–Crippen MR) is 95.5 cm³/mol. The Hall–Kier alpha value is -3.60. The fourth-order valence-electron chi connectivity index (χ4n) is 2.68. The number of nitrogens with zero attached hydrogens (tertiary/aromatic N) is 1. The maximum absolute atomic E-state index is 12.5. The summed E-state index contributed by atoms with van der Waals surface area (Å²) in [5.74, 6) is -0.137. The minimum atomic E-state index is -0.398. The normalized spacial score (nSPS) is 10.7. The molecular formula is C20H14N2O3. The van der Waals surface area contributed by atoms with Gasteiger partial charge in [0.2, 0.25) is 5.76 Å². The number of carbonyl (C=O) groups excluding carboxylic acids is 1. The summed E-state index contributed by atoms with van der Waals surface area (Å²) in [5.41, 5.74) is 2.07. The highest BCUT2D eigenvalue weighted by atomic mass is 16.5. The summed E-state index contributed by atoms with van der Waals surface area (Å²) in [6.07, 6.45) is 0. The van der Waals surface area contributed by atoms with Gasteiger partial charge in [-0.25, -0.2) is 0 Å². The highest BCUT2D eigenvalue weighted by Crippen LogP contribution is 2.27. The third kappa shape index (κ3) is 2.95. The molecule has 0 fully saturated rings. The van der Waals surface area contributed by atoms with E-state index in [4.69, 9.17) is 4.52 Å². The Bertz CT molecular complexity index is 1050. The van der Waals surface area contributed by atoms with Gasteiger partial charge in [-0.05, 0) is 23.6 Å². The summed E-state index contributed by atoms with van der Waals surface area (Å²) >= 11 is 0. The molecule has 122 valence electrons. The fourth-order valence-corrected chi connectivity index (χ4v) is 2.68. The number of hydrogen-bond acceptors (Lipinski definition) is 4. The molecule has 0 saturated heterocycles. The maximum Gasteiger partial charge on any atom is 0.294 e. The summed E-state index contributed by atoms with van der Waals surface area (Å²) < 4.78 is 5.18. The van der Waals surface area contributed by atoms with Gasteiger partial charge >= 0.3 is 0 Å². The average molecular weight is 330 g/mol. The molecule has 0 radical (unpaired) electrons. The molecule has 25 heavy (non-hydrogen) atoms. The van der Waals surface area contributed by atoms with Crippen molar-refractivity contribution in [2.45, 2.75) is 0 Å². The summed E-state index contributed by atoms with van der Waals surface area (Å²) in [7, 11) is 0. The van der Waals surface area contributed by atoms with E-state index in [9.17, 15) is 9.90 Å². The Morgan fingerprint density at radius 1 is 0.960 bits per heavy atom. The van der Waals surface area contributed by atoms with Crippen molar-refractivity contribution in [1.29, 1.82) is 0 Å². The molecule has 0 aliphatic rings. The largest absolute Gasteiger partial charge is 0.508 e. The molecule has 1 amide bonds. The second kappa shape index (κ2) is 6.13. The quantitative estimate of drug-likeness (QED) is 0.582. The highest BCUT2D eigenvalue weighted by Gasteiger charge is 2.15. The zero-order chi connectivity index (χ0) is 17.2. The fraction of sp³-hybridized carbons (Fsp3) is 0. The topological polar surface area (TPSA) is 75.4 Å². The van der Waals surface area contributed by atoms with Crippen LogP contribution >= 0.6 is 0 Å². The first-order chi connectivity index (χ1) is 12.2. The lowest BCUT2D eigenvalue weighted by Gasteiger charge is -2.07. The zero-order valence-electron chi connectivity index (χ0n) is 13.1. The Morgan fingerprint density at radius 3 is 2.64 bits per heavy atom. The van der Waals surface area contributed by atoms with Crippen molar-refractivity contribution in [3.05, 3.63) is 78.6 Å². The Labute approximate surface area is 143 Å². The first kappa shape index (κ1) is 15.0. The molecule has 4 rings (SSSR count). The molecule has 1 aromatic heterocycles. The van der Waals surface area contributed by atoms with Crippen molar-refractivity contribution in [2.24, 2.45) is 0 Å². The zero-order valence-corrected chi connectivity index (χ0v) is 13.1. The number of phenols is 1.